The Hall–Kier alpha value is -4.79. The summed E-state index contributed by atoms with van der Waals surface area (Å²) in [5, 5.41) is 11.2. The molecule has 6 rings (SSSR count). The van der Waals surface area contributed by atoms with Crippen LogP contribution in [0.2, 0.25) is 0 Å². The van der Waals surface area contributed by atoms with Crippen LogP contribution in [0.25, 0.3) is 55.8 Å². The van der Waals surface area contributed by atoms with Crippen molar-refractivity contribution in [2.75, 3.05) is 5.32 Å². The maximum Gasteiger partial charge on any atom is 0.224 e. The lowest BCUT2D eigenvalue weighted by Crippen LogP contribution is -2.11. The second-order valence-electron chi connectivity index (χ2n) is 8.61. The molecule has 0 saturated carbocycles. The van der Waals surface area contributed by atoms with Crippen molar-refractivity contribution in [1.82, 2.24) is 30.1 Å². The quantitative estimate of drug-likeness (QED) is 0.261. The molecule has 0 radical (unpaired) electrons. The molecule has 1 aromatic carbocycles. The molecule has 5 heterocycles. The summed E-state index contributed by atoms with van der Waals surface area (Å²) < 4.78 is 5.27. The van der Waals surface area contributed by atoms with Gasteiger partial charge in [-0.1, -0.05) is 25.5 Å². The number of nitrogens with zero attached hydrogens (tertiary/aromatic N) is 4. The topological polar surface area (TPSA) is 125 Å². The van der Waals surface area contributed by atoms with E-state index in [0.29, 0.717) is 23.6 Å². The molecule has 9 heteroatoms. The Bertz CT molecular complexity index is 1680. The third-order valence-corrected chi connectivity index (χ3v) is 6.10. The minimum atomic E-state index is -0.0128. The first-order chi connectivity index (χ1) is 17.7. The number of benzene rings is 1. The second-order valence-corrected chi connectivity index (χ2v) is 8.61. The Kier molecular flexibility index (Phi) is 5.49. The van der Waals surface area contributed by atoms with Gasteiger partial charge in [0.1, 0.15) is 5.69 Å². The summed E-state index contributed by atoms with van der Waals surface area (Å²) in [5.41, 5.74) is 7.38. The van der Waals surface area contributed by atoms with Crippen molar-refractivity contribution in [1.29, 1.82) is 0 Å². The first kappa shape index (κ1) is 21.7. The van der Waals surface area contributed by atoms with E-state index in [1.165, 1.54) is 0 Å². The number of para-hydroxylation sites is 1. The smallest absolute Gasteiger partial charge is 0.224 e. The molecular weight excluding hydrogens is 454 g/mol. The van der Waals surface area contributed by atoms with Crippen molar-refractivity contribution in [3.63, 3.8) is 0 Å². The number of amides is 1. The molecule has 0 saturated heterocycles. The van der Waals surface area contributed by atoms with E-state index in [-0.39, 0.29) is 5.91 Å². The van der Waals surface area contributed by atoms with Crippen molar-refractivity contribution < 1.29 is 9.21 Å². The Morgan fingerprint density at radius 3 is 2.86 bits per heavy atom. The third-order valence-electron chi connectivity index (χ3n) is 6.10. The number of H-pyrrole nitrogens is 2. The lowest BCUT2D eigenvalue weighted by atomic mass is 10.1. The predicted molar refractivity (Wildman–Crippen MR) is 138 cm³/mol. The molecule has 6 aromatic rings. The highest BCUT2D eigenvalue weighted by atomic mass is 16.3. The van der Waals surface area contributed by atoms with Gasteiger partial charge >= 0.3 is 0 Å². The van der Waals surface area contributed by atoms with Crippen molar-refractivity contribution in [3.8, 4) is 33.8 Å². The van der Waals surface area contributed by atoms with Gasteiger partial charge in [0.25, 0.3) is 0 Å². The first-order valence-electron chi connectivity index (χ1n) is 11.8. The minimum Gasteiger partial charge on any atom is -0.472 e. The summed E-state index contributed by atoms with van der Waals surface area (Å²) in [6, 6.07) is 11.8. The highest BCUT2D eigenvalue weighted by Crippen LogP contribution is 2.32. The number of fused-ring (bicyclic) bond motifs is 2. The lowest BCUT2D eigenvalue weighted by Gasteiger charge is -2.07. The number of rotatable bonds is 7. The van der Waals surface area contributed by atoms with Crippen LogP contribution >= 0.6 is 0 Å². The number of carbonyl (C=O) groups is 1. The minimum absolute atomic E-state index is 0.0128. The molecule has 1 amide bonds. The average Bonchev–Trinajstić information content (AvgIpc) is 3.66. The van der Waals surface area contributed by atoms with Gasteiger partial charge in [-0.25, -0.2) is 9.97 Å². The zero-order valence-electron chi connectivity index (χ0n) is 19.6. The normalized spacial score (nSPS) is 11.4. The lowest BCUT2D eigenvalue weighted by molar-refractivity contribution is -0.116. The van der Waals surface area contributed by atoms with Crippen LogP contribution < -0.4 is 5.32 Å². The van der Waals surface area contributed by atoms with Crippen LogP contribution in [0.1, 0.15) is 26.2 Å². The molecule has 0 aliphatic rings. The molecule has 0 unspecified atom stereocenters. The van der Waals surface area contributed by atoms with Gasteiger partial charge in [-0.2, -0.15) is 5.10 Å². The van der Waals surface area contributed by atoms with Gasteiger partial charge in [-0.05, 0) is 30.7 Å². The number of carbonyl (C=O) groups excluding carboxylic acids is 1. The fraction of sp³-hybridized carbons (Fsp3) is 0.148. The van der Waals surface area contributed by atoms with Crippen molar-refractivity contribution in [2.24, 2.45) is 0 Å². The predicted octanol–water partition coefficient (Wildman–Crippen LogP) is 5.95. The first-order valence-corrected chi connectivity index (χ1v) is 11.8. The zero-order valence-corrected chi connectivity index (χ0v) is 19.6. The molecule has 178 valence electrons. The molecule has 0 bridgehead atoms. The highest BCUT2D eigenvalue weighted by Gasteiger charge is 2.16. The maximum absolute atomic E-state index is 12.2. The van der Waals surface area contributed by atoms with Crippen molar-refractivity contribution in [3.05, 3.63) is 67.5 Å². The van der Waals surface area contributed by atoms with E-state index >= 15 is 0 Å². The van der Waals surface area contributed by atoms with Gasteiger partial charge < -0.3 is 14.7 Å². The summed E-state index contributed by atoms with van der Waals surface area (Å²) in [4.78, 5) is 29.3. The molecule has 9 nitrogen and oxygen atoms in total. The molecule has 0 fully saturated rings. The van der Waals surface area contributed by atoms with E-state index in [4.69, 9.17) is 9.40 Å². The summed E-state index contributed by atoms with van der Waals surface area (Å²) in [6.07, 6.45) is 10.8. The van der Waals surface area contributed by atoms with Crippen LogP contribution in [0.4, 0.5) is 5.69 Å². The number of nitrogens with one attached hydrogen (secondary N) is 3. The van der Waals surface area contributed by atoms with Gasteiger partial charge in [0, 0.05) is 41.1 Å². The van der Waals surface area contributed by atoms with Gasteiger partial charge in [-0.3, -0.25) is 14.9 Å². The number of unbranched alkanes of at least 4 members (excludes halogenated alkanes) is 1. The van der Waals surface area contributed by atoms with Crippen LogP contribution in [0.5, 0.6) is 0 Å². The summed E-state index contributed by atoms with van der Waals surface area (Å²) in [5.74, 6) is 0.652. The van der Waals surface area contributed by atoms with Crippen LogP contribution in [-0.4, -0.2) is 36.0 Å². The number of furan rings is 1. The number of anilines is 1. The molecule has 36 heavy (non-hydrogen) atoms. The van der Waals surface area contributed by atoms with Crippen LogP contribution in [0.3, 0.4) is 0 Å². The SMILES string of the molecule is CCCCC(=O)Nc1cncc(-c2cnc3n[nH]c(-c4nc5c(-c6ccoc6)cccc5[nH]4)c3c2)c1. The van der Waals surface area contributed by atoms with Gasteiger partial charge in [0.05, 0.1) is 40.8 Å². The Labute approximate surface area is 206 Å². The molecule has 0 spiro atoms. The van der Waals surface area contributed by atoms with Gasteiger partial charge in [0.15, 0.2) is 11.5 Å². The van der Waals surface area contributed by atoms with Crippen molar-refractivity contribution >= 4 is 33.7 Å². The van der Waals surface area contributed by atoms with Crippen LogP contribution in [0.15, 0.2) is 71.9 Å². The number of imidazole rings is 1. The van der Waals surface area contributed by atoms with E-state index < -0.39 is 0 Å². The number of aromatic nitrogens is 6. The molecule has 5 aromatic heterocycles. The Morgan fingerprint density at radius 1 is 1.08 bits per heavy atom. The van der Waals surface area contributed by atoms with E-state index in [0.717, 1.165) is 57.2 Å². The molecular formula is C27H23N7O2. The highest BCUT2D eigenvalue weighted by molar-refractivity contribution is 5.97. The fourth-order valence-corrected chi connectivity index (χ4v) is 4.27. The van der Waals surface area contributed by atoms with Gasteiger partial charge in [0.2, 0.25) is 5.91 Å². The number of aromatic amines is 2. The van der Waals surface area contributed by atoms with E-state index in [2.05, 4.69) is 37.4 Å². The van der Waals surface area contributed by atoms with Crippen LogP contribution in [-0.2, 0) is 4.79 Å². The van der Waals surface area contributed by atoms with Crippen molar-refractivity contribution in [2.45, 2.75) is 26.2 Å². The summed E-state index contributed by atoms with van der Waals surface area (Å²) in [6.45, 7) is 2.06. The largest absolute Gasteiger partial charge is 0.472 e. The zero-order chi connectivity index (χ0) is 24.5. The molecule has 0 aliphatic carbocycles. The molecule has 0 aliphatic heterocycles. The fourth-order valence-electron chi connectivity index (χ4n) is 4.27. The standard InChI is InChI=1S/C27H23N7O2/c1-2-3-7-23(35)30-19-10-17(12-28-14-19)18-11-21-25(33-34-26(21)29-13-18)27-31-22-6-4-5-20(24(22)32-27)16-8-9-36-15-16/h4-6,8-15H,2-3,7H2,1H3,(H,30,35)(H,31,32)(H,29,33,34). The van der Waals surface area contributed by atoms with E-state index in [9.17, 15) is 4.79 Å². The van der Waals surface area contributed by atoms with E-state index in [1.54, 1.807) is 31.1 Å². The monoisotopic (exact) mass is 477 g/mol. The molecule has 0 atom stereocenters. The number of pyridine rings is 2. The summed E-state index contributed by atoms with van der Waals surface area (Å²) in [7, 11) is 0. The van der Waals surface area contributed by atoms with Crippen LogP contribution in [0, 0.1) is 0 Å². The second kappa shape index (κ2) is 9.10. The Morgan fingerprint density at radius 2 is 2.00 bits per heavy atom. The molecule has 3 N–H and O–H groups in total. The average molecular weight is 478 g/mol. The maximum atomic E-state index is 12.2. The number of hydrogen-bond donors (Lipinski definition) is 3. The van der Waals surface area contributed by atoms with E-state index in [1.807, 2.05) is 36.4 Å². The number of hydrogen-bond acceptors (Lipinski definition) is 6. The summed E-state index contributed by atoms with van der Waals surface area (Å²) >= 11 is 0. The third kappa shape index (κ3) is 4.00. The Balaban J connectivity index is 1.37. The van der Waals surface area contributed by atoms with Gasteiger partial charge in [-0.15, -0.1) is 0 Å².